The average Bonchev–Trinajstić information content (AvgIpc) is 3.10. The summed E-state index contributed by atoms with van der Waals surface area (Å²) in [6.45, 7) is 7.45. The van der Waals surface area contributed by atoms with Gasteiger partial charge in [-0.15, -0.1) is 5.10 Å². The lowest BCUT2D eigenvalue weighted by Gasteiger charge is -2.31. The molecule has 3 aromatic heterocycles. The fourth-order valence-electron chi connectivity index (χ4n) is 3.68. The molecule has 3 aromatic rings. The molecule has 9 nitrogen and oxygen atoms in total. The van der Waals surface area contributed by atoms with Gasteiger partial charge in [-0.3, -0.25) is 14.2 Å². The zero-order valence-electron chi connectivity index (χ0n) is 16.3. The van der Waals surface area contributed by atoms with E-state index < -0.39 is 0 Å². The maximum absolute atomic E-state index is 12.8. The van der Waals surface area contributed by atoms with Crippen LogP contribution in [-0.4, -0.2) is 53.0 Å². The molecule has 0 aliphatic carbocycles. The van der Waals surface area contributed by atoms with E-state index >= 15 is 0 Å². The quantitative estimate of drug-likeness (QED) is 0.675. The Morgan fingerprint density at radius 1 is 1.18 bits per heavy atom. The lowest BCUT2D eigenvalue weighted by Crippen LogP contribution is -2.40. The highest BCUT2D eigenvalue weighted by Crippen LogP contribution is 2.20. The van der Waals surface area contributed by atoms with Crippen molar-refractivity contribution in [2.24, 2.45) is 5.92 Å². The molecule has 0 N–H and O–H groups in total. The number of hydrogen-bond acceptors (Lipinski definition) is 6. The predicted molar refractivity (Wildman–Crippen MR) is 102 cm³/mol. The number of aromatic nitrogens is 6. The fraction of sp³-hybridized carbons (Fsp3) is 0.474. The number of likely N-dealkylation sites (tertiary alicyclic amines) is 1. The Hall–Kier alpha value is -3.10. The van der Waals surface area contributed by atoms with Crippen LogP contribution in [0.25, 0.3) is 5.78 Å². The second kappa shape index (κ2) is 7.14. The zero-order valence-corrected chi connectivity index (χ0v) is 16.3. The molecule has 146 valence electrons. The molecule has 0 bridgehead atoms. The predicted octanol–water partition coefficient (Wildman–Crippen LogP) is 1.16. The lowest BCUT2D eigenvalue weighted by atomic mass is 9.96. The van der Waals surface area contributed by atoms with Gasteiger partial charge in [-0.2, -0.15) is 4.98 Å². The highest BCUT2D eigenvalue weighted by Gasteiger charge is 2.27. The summed E-state index contributed by atoms with van der Waals surface area (Å²) in [5.41, 5.74) is 2.39. The van der Waals surface area contributed by atoms with Crippen molar-refractivity contribution in [1.82, 2.24) is 34.0 Å². The lowest BCUT2D eigenvalue weighted by molar-refractivity contribution is 0.0670. The van der Waals surface area contributed by atoms with Crippen LogP contribution in [-0.2, 0) is 6.54 Å². The van der Waals surface area contributed by atoms with Gasteiger partial charge in [0.15, 0.2) is 0 Å². The van der Waals surface area contributed by atoms with Gasteiger partial charge in [0.25, 0.3) is 17.2 Å². The number of amides is 1. The molecule has 1 fully saturated rings. The first-order chi connectivity index (χ1) is 13.4. The number of carbonyl (C=O) groups is 1. The van der Waals surface area contributed by atoms with Gasteiger partial charge >= 0.3 is 0 Å². The van der Waals surface area contributed by atoms with Crippen molar-refractivity contribution in [2.75, 3.05) is 13.1 Å². The van der Waals surface area contributed by atoms with Crippen molar-refractivity contribution in [1.29, 1.82) is 0 Å². The zero-order chi connectivity index (χ0) is 19.8. The highest BCUT2D eigenvalue weighted by molar-refractivity contribution is 5.90. The fourth-order valence-corrected chi connectivity index (χ4v) is 3.68. The topological polar surface area (TPSA) is 98.3 Å². The van der Waals surface area contributed by atoms with Gasteiger partial charge in [-0.25, -0.2) is 14.5 Å². The Bertz CT molecular complexity index is 1090. The summed E-state index contributed by atoms with van der Waals surface area (Å²) in [4.78, 5) is 39.5. The molecule has 0 atom stereocenters. The molecule has 1 amide bonds. The van der Waals surface area contributed by atoms with Crippen LogP contribution in [0.3, 0.4) is 0 Å². The number of nitrogens with zero attached hydrogens (tertiary/aromatic N) is 7. The van der Waals surface area contributed by atoms with E-state index in [-0.39, 0.29) is 17.3 Å². The van der Waals surface area contributed by atoms with Crippen LogP contribution in [0.1, 0.15) is 40.4 Å². The van der Waals surface area contributed by atoms with Crippen molar-refractivity contribution in [3.63, 3.8) is 0 Å². The number of rotatable bonds is 3. The summed E-state index contributed by atoms with van der Waals surface area (Å²) in [7, 11) is 0. The van der Waals surface area contributed by atoms with Crippen LogP contribution in [0, 0.1) is 26.7 Å². The maximum Gasteiger partial charge on any atom is 0.293 e. The van der Waals surface area contributed by atoms with Crippen LogP contribution < -0.4 is 5.56 Å². The van der Waals surface area contributed by atoms with Crippen molar-refractivity contribution in [3.05, 3.63) is 51.7 Å². The third-order valence-electron chi connectivity index (χ3n) is 5.24. The number of hydrogen-bond donors (Lipinski definition) is 0. The maximum atomic E-state index is 12.8. The van der Waals surface area contributed by atoms with Gasteiger partial charge in [0.1, 0.15) is 0 Å². The van der Waals surface area contributed by atoms with E-state index in [0.29, 0.717) is 36.9 Å². The minimum Gasteiger partial charge on any atom is -0.336 e. The summed E-state index contributed by atoms with van der Waals surface area (Å²) < 4.78 is 3.27. The molecule has 0 unspecified atom stereocenters. The van der Waals surface area contributed by atoms with Gasteiger partial charge in [0.2, 0.25) is 5.82 Å². The summed E-state index contributed by atoms with van der Waals surface area (Å²) >= 11 is 0. The first-order valence-electron chi connectivity index (χ1n) is 9.43. The van der Waals surface area contributed by atoms with E-state index in [2.05, 4.69) is 20.1 Å². The second-order valence-corrected chi connectivity index (χ2v) is 7.46. The Labute approximate surface area is 162 Å². The van der Waals surface area contributed by atoms with Crippen LogP contribution in [0.4, 0.5) is 0 Å². The summed E-state index contributed by atoms with van der Waals surface area (Å²) in [5.74, 6) is 0.794. The monoisotopic (exact) mass is 381 g/mol. The Morgan fingerprint density at radius 3 is 2.68 bits per heavy atom. The summed E-state index contributed by atoms with van der Waals surface area (Å²) in [6.07, 6.45) is 4.83. The van der Waals surface area contributed by atoms with Gasteiger partial charge in [-0.05, 0) is 45.6 Å². The number of piperidine rings is 1. The highest BCUT2D eigenvalue weighted by atomic mass is 16.2. The molecule has 1 aliphatic heterocycles. The third kappa shape index (κ3) is 3.39. The van der Waals surface area contributed by atoms with Crippen LogP contribution in [0.2, 0.25) is 0 Å². The standard InChI is InChI=1S/C19H23N7O2/c1-12-9-20-11-25(17(12)27)10-15-4-6-24(7-5-15)18(28)16-22-19-21-13(2)8-14(3)26(19)23-16/h8-9,11,15H,4-7,10H2,1-3H3. The molecule has 9 heteroatoms. The van der Waals surface area contributed by atoms with Gasteiger partial charge in [-0.1, -0.05) is 0 Å². The normalized spacial score (nSPS) is 15.3. The van der Waals surface area contributed by atoms with E-state index in [0.717, 1.165) is 24.2 Å². The Kier molecular flexibility index (Phi) is 4.66. The average molecular weight is 381 g/mol. The van der Waals surface area contributed by atoms with Gasteiger partial charge in [0, 0.05) is 42.8 Å². The smallest absolute Gasteiger partial charge is 0.293 e. The molecule has 1 saturated heterocycles. The molecule has 0 spiro atoms. The van der Waals surface area contributed by atoms with Crippen molar-refractivity contribution < 1.29 is 4.79 Å². The van der Waals surface area contributed by atoms with Crippen molar-refractivity contribution >= 4 is 11.7 Å². The third-order valence-corrected chi connectivity index (χ3v) is 5.24. The minimum atomic E-state index is -0.171. The van der Waals surface area contributed by atoms with Crippen LogP contribution in [0.15, 0.2) is 23.4 Å². The van der Waals surface area contributed by atoms with E-state index in [1.165, 1.54) is 0 Å². The van der Waals surface area contributed by atoms with Crippen molar-refractivity contribution in [2.45, 2.75) is 40.2 Å². The molecule has 0 saturated carbocycles. The number of fused-ring (bicyclic) bond motifs is 1. The van der Waals surface area contributed by atoms with Crippen LogP contribution >= 0.6 is 0 Å². The number of carbonyl (C=O) groups excluding carboxylic acids is 1. The molecule has 28 heavy (non-hydrogen) atoms. The summed E-state index contributed by atoms with van der Waals surface area (Å²) in [6, 6.07) is 1.91. The first kappa shape index (κ1) is 18.3. The minimum absolute atomic E-state index is 0.000527. The molecule has 0 aromatic carbocycles. The van der Waals surface area contributed by atoms with Gasteiger partial charge in [0.05, 0.1) is 6.33 Å². The van der Waals surface area contributed by atoms with E-state index in [9.17, 15) is 9.59 Å². The van der Waals surface area contributed by atoms with Crippen molar-refractivity contribution in [3.8, 4) is 0 Å². The van der Waals surface area contributed by atoms with Gasteiger partial charge < -0.3 is 4.90 Å². The Morgan fingerprint density at radius 2 is 1.93 bits per heavy atom. The van der Waals surface area contributed by atoms with E-state index in [4.69, 9.17) is 0 Å². The molecular formula is C19H23N7O2. The first-order valence-corrected chi connectivity index (χ1v) is 9.43. The molecule has 4 heterocycles. The second-order valence-electron chi connectivity index (χ2n) is 7.46. The molecule has 0 radical (unpaired) electrons. The van der Waals surface area contributed by atoms with E-state index in [1.54, 1.807) is 33.4 Å². The SMILES string of the molecule is Cc1cc(C)n2nc(C(=O)N3CCC(Cn4cncc(C)c4=O)CC3)nc2n1. The molecule has 4 rings (SSSR count). The van der Waals surface area contributed by atoms with Crippen LogP contribution in [0.5, 0.6) is 0 Å². The summed E-state index contributed by atoms with van der Waals surface area (Å²) in [5, 5.41) is 4.33. The largest absolute Gasteiger partial charge is 0.336 e. The van der Waals surface area contributed by atoms with E-state index in [1.807, 2.05) is 19.9 Å². The molecule has 1 aliphatic rings. The molecular weight excluding hydrogens is 358 g/mol. The Balaban J connectivity index is 1.43. The number of aryl methyl sites for hydroxylation is 3.